The number of nitrogens with zero attached hydrogens (tertiary/aromatic N) is 2. The maximum atomic E-state index is 13.9. The minimum atomic E-state index is -5.00. The normalized spacial score (nSPS) is 13.0. The predicted molar refractivity (Wildman–Crippen MR) is 198 cm³/mol. The molecule has 0 saturated carbocycles. The topological polar surface area (TPSA) is 25.4 Å². The van der Waals surface area contributed by atoms with Gasteiger partial charge in [-0.05, 0) is 124 Å². The first-order valence-corrected chi connectivity index (χ1v) is 18.0. The van der Waals surface area contributed by atoms with Crippen LogP contribution in [0.5, 0.6) is 0 Å². The molecule has 0 aliphatic heterocycles. The Morgan fingerprint density at radius 2 is 1.56 bits per heavy atom. The van der Waals surface area contributed by atoms with Crippen molar-refractivity contribution in [2.45, 2.75) is 123 Å². The fourth-order valence-electron chi connectivity index (χ4n) is 6.34. The van der Waals surface area contributed by atoms with Gasteiger partial charge in [-0.3, -0.25) is 9.88 Å². The van der Waals surface area contributed by atoms with Crippen molar-refractivity contribution in [3.63, 3.8) is 0 Å². The first kappa shape index (κ1) is 42.4. The molecule has 52 heavy (non-hydrogen) atoms. The smallest absolute Gasteiger partial charge is 0.416 e. The van der Waals surface area contributed by atoms with Crippen LogP contribution in [0.3, 0.4) is 0 Å². The van der Waals surface area contributed by atoms with Crippen LogP contribution in [0, 0.1) is 6.92 Å². The molecule has 3 nitrogen and oxygen atoms in total. The summed E-state index contributed by atoms with van der Waals surface area (Å²) in [4.78, 5) is 7.06. The highest BCUT2D eigenvalue weighted by Crippen LogP contribution is 2.40. The number of rotatable bonds is 18. The number of benzene rings is 2. The Balaban J connectivity index is 2.19. The second-order valence-corrected chi connectivity index (χ2v) is 13.6. The fraction of sp³-hybridized carbons (Fsp3) is 0.465. The van der Waals surface area contributed by atoms with Crippen LogP contribution in [0.2, 0.25) is 0 Å². The van der Waals surface area contributed by atoms with E-state index in [4.69, 9.17) is 9.72 Å². The summed E-state index contributed by atoms with van der Waals surface area (Å²) in [6.45, 7) is 17.6. The van der Waals surface area contributed by atoms with E-state index in [9.17, 15) is 26.3 Å². The number of unbranched alkanes of at least 4 members (excludes halogenated alkanes) is 3. The molecule has 2 aromatic carbocycles. The molecule has 0 radical (unpaired) electrons. The summed E-state index contributed by atoms with van der Waals surface area (Å²) in [5.74, 6) is 0. The second-order valence-electron chi connectivity index (χ2n) is 13.6. The van der Waals surface area contributed by atoms with Crippen LogP contribution in [-0.4, -0.2) is 23.0 Å². The van der Waals surface area contributed by atoms with Gasteiger partial charge in [-0.1, -0.05) is 70.2 Å². The van der Waals surface area contributed by atoms with Crippen LogP contribution >= 0.6 is 0 Å². The Morgan fingerprint density at radius 1 is 0.904 bits per heavy atom. The fourth-order valence-corrected chi connectivity index (χ4v) is 6.34. The summed E-state index contributed by atoms with van der Waals surface area (Å²) in [5, 5.41) is 0. The van der Waals surface area contributed by atoms with Gasteiger partial charge in [0, 0.05) is 23.8 Å². The van der Waals surface area contributed by atoms with Gasteiger partial charge in [0.1, 0.15) is 12.4 Å². The van der Waals surface area contributed by atoms with Gasteiger partial charge in [0.05, 0.1) is 16.8 Å². The Hall–Kier alpha value is -4.03. The Bertz CT molecular complexity index is 1710. The molecule has 282 valence electrons. The number of allylic oxidation sites excluding steroid dienone is 1. The summed E-state index contributed by atoms with van der Waals surface area (Å²) in [7, 11) is 1.78. The molecule has 0 N–H and O–H groups in total. The average Bonchev–Trinajstić information content (AvgIpc) is 3.09. The van der Waals surface area contributed by atoms with E-state index in [0.29, 0.717) is 0 Å². The summed E-state index contributed by atoms with van der Waals surface area (Å²) in [5.41, 5.74) is 10.7. The number of hydrogen-bond acceptors (Lipinski definition) is 3. The lowest BCUT2D eigenvalue weighted by molar-refractivity contribution is -0.143. The van der Waals surface area contributed by atoms with Crippen LogP contribution < -0.4 is 0 Å². The highest BCUT2D eigenvalue weighted by atomic mass is 19.4. The molecule has 0 spiro atoms. The zero-order valence-electron chi connectivity index (χ0n) is 31.3. The number of likely N-dealkylation sites (N-methyl/N-ethyl adjacent to an activating group) is 1. The van der Waals surface area contributed by atoms with E-state index in [-0.39, 0.29) is 18.2 Å². The van der Waals surface area contributed by atoms with Gasteiger partial charge in [0.15, 0.2) is 0 Å². The molecule has 2 atom stereocenters. The molecule has 2 unspecified atom stereocenters. The quantitative estimate of drug-likeness (QED) is 0.0565. The van der Waals surface area contributed by atoms with Crippen molar-refractivity contribution in [3.05, 3.63) is 124 Å². The SMILES string of the molecule is C=C=COC(c1cc(C(F)(F)F)cc(C(F)(F)F)c1)C(C)N(C)Cc1nc(CCCCC)cc(C)c1-c1cc(CCC(C)=C=C)ccc1CCCC. The largest absolute Gasteiger partial charge is 0.484 e. The summed E-state index contributed by atoms with van der Waals surface area (Å²) in [6.07, 6.45) is -1.71. The number of halogens is 6. The lowest BCUT2D eigenvalue weighted by atomic mass is 9.89. The van der Waals surface area contributed by atoms with Gasteiger partial charge >= 0.3 is 12.4 Å². The highest BCUT2D eigenvalue weighted by molar-refractivity contribution is 5.74. The van der Waals surface area contributed by atoms with E-state index >= 15 is 0 Å². The number of alkyl halides is 6. The second kappa shape index (κ2) is 19.2. The van der Waals surface area contributed by atoms with E-state index in [1.807, 2.05) is 11.8 Å². The maximum Gasteiger partial charge on any atom is 0.416 e. The molecule has 3 rings (SSSR count). The molecular formula is C43H52F6N2O. The number of pyridine rings is 1. The number of hydrogen-bond donors (Lipinski definition) is 0. The third-order valence-electron chi connectivity index (χ3n) is 9.48. The molecule has 9 heteroatoms. The summed E-state index contributed by atoms with van der Waals surface area (Å²) in [6, 6.07) is 9.59. The van der Waals surface area contributed by atoms with Crippen LogP contribution in [0.4, 0.5) is 26.3 Å². The Labute approximate surface area is 305 Å². The van der Waals surface area contributed by atoms with Crippen molar-refractivity contribution < 1.29 is 31.1 Å². The van der Waals surface area contributed by atoms with Crippen LogP contribution in [0.25, 0.3) is 11.1 Å². The van der Waals surface area contributed by atoms with Crippen LogP contribution in [0.15, 0.2) is 78.9 Å². The molecular weight excluding hydrogens is 674 g/mol. The summed E-state index contributed by atoms with van der Waals surface area (Å²) < 4.78 is 89.0. The molecule has 1 heterocycles. The van der Waals surface area contributed by atoms with E-state index in [1.165, 1.54) is 11.1 Å². The average molecular weight is 727 g/mol. The molecule has 0 fully saturated rings. The van der Waals surface area contributed by atoms with Gasteiger partial charge in [0.2, 0.25) is 0 Å². The molecule has 0 amide bonds. The zero-order valence-corrected chi connectivity index (χ0v) is 31.3. The maximum absolute atomic E-state index is 13.9. The van der Waals surface area contributed by atoms with Crippen molar-refractivity contribution in [3.8, 4) is 11.1 Å². The number of aromatic nitrogens is 1. The lowest BCUT2D eigenvalue weighted by Gasteiger charge is -2.33. The predicted octanol–water partition coefficient (Wildman–Crippen LogP) is 12.7. The minimum absolute atomic E-state index is 0.126. The van der Waals surface area contributed by atoms with Gasteiger partial charge in [0.25, 0.3) is 0 Å². The molecule has 3 aromatic rings. The highest BCUT2D eigenvalue weighted by Gasteiger charge is 2.39. The third kappa shape index (κ3) is 11.7. The zero-order chi connectivity index (χ0) is 38.6. The van der Waals surface area contributed by atoms with Crippen LogP contribution in [0.1, 0.15) is 117 Å². The standard InChI is InChI=1S/C43H52F6N2O/c1-9-13-15-17-37-23-30(6)40(38-24-32(19-18-29(5)12-4)20-21-33(38)16-14-10-2)39(50-37)28-51(8)31(7)41(52-22-11-3)34-25-35(42(44,45)46)27-36(26-34)43(47,48)49/h20-27,31,41H,3-4,9-10,13-19,28H2,1-2,5-8H3. The minimum Gasteiger partial charge on any atom is -0.484 e. The van der Waals surface area contributed by atoms with E-state index < -0.39 is 35.6 Å². The molecule has 0 saturated heterocycles. The van der Waals surface area contributed by atoms with Crippen molar-refractivity contribution >= 4 is 0 Å². The van der Waals surface area contributed by atoms with Gasteiger partial charge in [-0.15, -0.1) is 5.73 Å². The number of aryl methyl sites for hydroxylation is 4. The lowest BCUT2D eigenvalue weighted by Crippen LogP contribution is -2.35. The Morgan fingerprint density at radius 3 is 2.13 bits per heavy atom. The van der Waals surface area contributed by atoms with Crippen molar-refractivity contribution in [2.24, 2.45) is 0 Å². The van der Waals surface area contributed by atoms with E-state index in [2.05, 4.69) is 69.7 Å². The third-order valence-corrected chi connectivity index (χ3v) is 9.48. The van der Waals surface area contributed by atoms with Crippen molar-refractivity contribution in [1.29, 1.82) is 0 Å². The first-order valence-electron chi connectivity index (χ1n) is 18.0. The first-order chi connectivity index (χ1) is 24.5. The van der Waals surface area contributed by atoms with Crippen LogP contribution in [-0.2, 0) is 42.9 Å². The molecule has 0 aliphatic carbocycles. The van der Waals surface area contributed by atoms with Crippen molar-refractivity contribution in [1.82, 2.24) is 9.88 Å². The molecule has 1 aromatic heterocycles. The van der Waals surface area contributed by atoms with E-state index in [0.717, 1.165) is 110 Å². The van der Waals surface area contributed by atoms with Gasteiger partial charge in [-0.25, -0.2) is 0 Å². The van der Waals surface area contributed by atoms with Gasteiger partial charge in [-0.2, -0.15) is 26.3 Å². The monoisotopic (exact) mass is 726 g/mol. The molecule has 0 bridgehead atoms. The summed E-state index contributed by atoms with van der Waals surface area (Å²) >= 11 is 0. The van der Waals surface area contributed by atoms with E-state index in [1.54, 1.807) is 14.0 Å². The molecule has 0 aliphatic rings. The van der Waals surface area contributed by atoms with Gasteiger partial charge < -0.3 is 4.74 Å². The number of ether oxygens (including phenoxy) is 1. The van der Waals surface area contributed by atoms with Crippen molar-refractivity contribution in [2.75, 3.05) is 7.05 Å². The Kier molecular flexibility index (Phi) is 15.6.